The molecule has 0 fully saturated rings. The van der Waals surface area contributed by atoms with Gasteiger partial charge in [0.1, 0.15) is 5.58 Å². The van der Waals surface area contributed by atoms with Crippen LogP contribution in [0, 0.1) is 0 Å². The minimum atomic E-state index is -0.373. The Labute approximate surface area is 142 Å². The molecule has 4 aromatic rings. The normalized spacial score (nSPS) is 11.0. The average Bonchev–Trinajstić information content (AvgIpc) is 2.96. The number of benzene rings is 2. The minimum absolute atomic E-state index is 0.373. The molecule has 0 spiro atoms. The Morgan fingerprint density at radius 2 is 1.75 bits per heavy atom. The van der Waals surface area contributed by atoms with Crippen molar-refractivity contribution in [3.8, 4) is 11.4 Å². The molecule has 0 aliphatic rings. The first kappa shape index (κ1) is 14.7. The standard InChI is InChI=1S/C18H13N3O2S/c1-21-17(12-7-3-2-4-8-12)19-20-18(21)24-15-11-16(22)23-14-10-6-5-9-13(14)15/h2-11H,1H3. The summed E-state index contributed by atoms with van der Waals surface area (Å²) in [5.41, 5.74) is 1.19. The van der Waals surface area contributed by atoms with Gasteiger partial charge in [0.15, 0.2) is 11.0 Å². The van der Waals surface area contributed by atoms with E-state index in [9.17, 15) is 4.79 Å². The molecule has 24 heavy (non-hydrogen) atoms. The highest BCUT2D eigenvalue weighted by atomic mass is 32.2. The zero-order valence-electron chi connectivity index (χ0n) is 12.8. The molecule has 0 saturated carbocycles. The van der Waals surface area contributed by atoms with Crippen LogP contribution in [0.15, 0.2) is 79.9 Å². The van der Waals surface area contributed by atoms with Crippen molar-refractivity contribution in [2.45, 2.75) is 10.1 Å². The van der Waals surface area contributed by atoms with E-state index < -0.39 is 0 Å². The van der Waals surface area contributed by atoms with Crippen LogP contribution in [-0.4, -0.2) is 14.8 Å². The van der Waals surface area contributed by atoms with Crippen LogP contribution in [0.2, 0.25) is 0 Å². The molecule has 2 aromatic carbocycles. The van der Waals surface area contributed by atoms with Gasteiger partial charge in [0.2, 0.25) is 0 Å². The summed E-state index contributed by atoms with van der Waals surface area (Å²) in [6.07, 6.45) is 0. The van der Waals surface area contributed by atoms with Gasteiger partial charge in [-0.05, 0) is 17.8 Å². The Morgan fingerprint density at radius 1 is 1.00 bits per heavy atom. The molecule has 0 unspecified atom stereocenters. The first-order valence-electron chi connectivity index (χ1n) is 7.38. The van der Waals surface area contributed by atoms with Crippen LogP contribution in [-0.2, 0) is 7.05 Å². The van der Waals surface area contributed by atoms with Crippen LogP contribution < -0.4 is 5.63 Å². The molecule has 118 valence electrons. The molecule has 6 heteroatoms. The van der Waals surface area contributed by atoms with Gasteiger partial charge in [0.05, 0.1) is 0 Å². The van der Waals surface area contributed by atoms with Gasteiger partial charge >= 0.3 is 5.63 Å². The Morgan fingerprint density at radius 3 is 2.58 bits per heavy atom. The van der Waals surface area contributed by atoms with Gasteiger partial charge in [-0.1, -0.05) is 48.5 Å². The zero-order chi connectivity index (χ0) is 16.5. The monoisotopic (exact) mass is 335 g/mol. The second-order valence-corrected chi connectivity index (χ2v) is 6.27. The summed E-state index contributed by atoms with van der Waals surface area (Å²) in [6, 6.07) is 18.8. The van der Waals surface area contributed by atoms with Gasteiger partial charge < -0.3 is 8.98 Å². The summed E-state index contributed by atoms with van der Waals surface area (Å²) in [5, 5.41) is 10.1. The Balaban J connectivity index is 1.78. The predicted octanol–water partition coefficient (Wildman–Crippen LogP) is 3.74. The van der Waals surface area contributed by atoms with Crippen molar-refractivity contribution >= 4 is 22.7 Å². The minimum Gasteiger partial charge on any atom is -0.423 e. The van der Waals surface area contributed by atoms with E-state index in [-0.39, 0.29) is 5.63 Å². The third-order valence-corrected chi connectivity index (χ3v) is 4.78. The molecular weight excluding hydrogens is 322 g/mol. The predicted molar refractivity (Wildman–Crippen MR) is 93.0 cm³/mol. The SMILES string of the molecule is Cn1c(Sc2cc(=O)oc3ccccc23)nnc1-c1ccccc1. The van der Waals surface area contributed by atoms with Crippen LogP contribution in [0.5, 0.6) is 0 Å². The number of nitrogens with zero attached hydrogens (tertiary/aromatic N) is 3. The van der Waals surface area contributed by atoms with Gasteiger partial charge in [-0.25, -0.2) is 4.79 Å². The van der Waals surface area contributed by atoms with E-state index in [1.165, 1.54) is 17.8 Å². The lowest BCUT2D eigenvalue weighted by Crippen LogP contribution is -1.99. The van der Waals surface area contributed by atoms with Crippen molar-refractivity contribution in [3.05, 3.63) is 71.1 Å². The van der Waals surface area contributed by atoms with E-state index >= 15 is 0 Å². The van der Waals surface area contributed by atoms with Crippen molar-refractivity contribution in [2.24, 2.45) is 7.05 Å². The van der Waals surface area contributed by atoms with E-state index in [2.05, 4.69) is 10.2 Å². The zero-order valence-corrected chi connectivity index (χ0v) is 13.7. The lowest BCUT2D eigenvalue weighted by Gasteiger charge is -2.05. The molecule has 0 radical (unpaired) electrons. The van der Waals surface area contributed by atoms with Crippen LogP contribution in [0.1, 0.15) is 0 Å². The first-order valence-corrected chi connectivity index (χ1v) is 8.19. The lowest BCUT2D eigenvalue weighted by atomic mass is 10.2. The second-order valence-electron chi connectivity index (χ2n) is 5.26. The summed E-state index contributed by atoms with van der Waals surface area (Å²) in [5.74, 6) is 0.783. The number of rotatable bonds is 3. The molecule has 2 heterocycles. The van der Waals surface area contributed by atoms with Crippen LogP contribution >= 0.6 is 11.8 Å². The van der Waals surface area contributed by atoms with Crippen molar-refractivity contribution < 1.29 is 4.42 Å². The van der Waals surface area contributed by atoms with E-state index in [4.69, 9.17) is 4.42 Å². The quantitative estimate of drug-likeness (QED) is 0.534. The topological polar surface area (TPSA) is 60.9 Å². The third-order valence-electron chi connectivity index (χ3n) is 3.68. The Kier molecular flexibility index (Phi) is 3.66. The maximum atomic E-state index is 11.8. The van der Waals surface area contributed by atoms with Gasteiger partial charge in [-0.15, -0.1) is 10.2 Å². The third kappa shape index (κ3) is 2.61. The number of aromatic nitrogens is 3. The van der Waals surface area contributed by atoms with Crippen LogP contribution in [0.3, 0.4) is 0 Å². The fraction of sp³-hybridized carbons (Fsp3) is 0.0556. The van der Waals surface area contributed by atoms with E-state index in [1.807, 2.05) is 60.1 Å². The van der Waals surface area contributed by atoms with E-state index in [0.29, 0.717) is 10.7 Å². The van der Waals surface area contributed by atoms with E-state index in [1.54, 1.807) is 6.07 Å². The fourth-order valence-corrected chi connectivity index (χ4v) is 3.44. The molecule has 4 rings (SSSR count). The molecule has 0 aliphatic heterocycles. The lowest BCUT2D eigenvalue weighted by molar-refractivity contribution is 0.557. The van der Waals surface area contributed by atoms with Crippen molar-refractivity contribution in [1.82, 2.24) is 14.8 Å². The van der Waals surface area contributed by atoms with Gasteiger partial charge in [0.25, 0.3) is 0 Å². The van der Waals surface area contributed by atoms with Crippen LogP contribution in [0.4, 0.5) is 0 Å². The maximum Gasteiger partial charge on any atom is 0.337 e. The average molecular weight is 335 g/mol. The second kappa shape index (κ2) is 5.98. The maximum absolute atomic E-state index is 11.8. The molecule has 0 amide bonds. The largest absolute Gasteiger partial charge is 0.423 e. The number of hydrogen-bond donors (Lipinski definition) is 0. The molecule has 0 N–H and O–H groups in total. The highest BCUT2D eigenvalue weighted by Gasteiger charge is 2.14. The highest BCUT2D eigenvalue weighted by molar-refractivity contribution is 7.99. The van der Waals surface area contributed by atoms with Crippen molar-refractivity contribution in [1.29, 1.82) is 0 Å². The summed E-state index contributed by atoms with van der Waals surface area (Å²) in [4.78, 5) is 12.6. The molecule has 0 aliphatic carbocycles. The Hall–Kier alpha value is -2.86. The van der Waals surface area contributed by atoms with Gasteiger partial charge in [0, 0.05) is 29.0 Å². The molecule has 0 saturated heterocycles. The van der Waals surface area contributed by atoms with Crippen molar-refractivity contribution in [2.75, 3.05) is 0 Å². The molecule has 2 aromatic heterocycles. The number of hydrogen-bond acceptors (Lipinski definition) is 5. The first-order chi connectivity index (χ1) is 11.7. The summed E-state index contributed by atoms with van der Waals surface area (Å²) in [6.45, 7) is 0. The molecule has 0 bridgehead atoms. The van der Waals surface area contributed by atoms with E-state index in [0.717, 1.165) is 21.7 Å². The smallest absolute Gasteiger partial charge is 0.337 e. The molecular formula is C18H13N3O2S. The molecule has 5 nitrogen and oxygen atoms in total. The number of para-hydroxylation sites is 1. The van der Waals surface area contributed by atoms with Crippen LogP contribution in [0.25, 0.3) is 22.4 Å². The summed E-state index contributed by atoms with van der Waals surface area (Å²) in [7, 11) is 1.91. The fourth-order valence-electron chi connectivity index (χ4n) is 2.51. The van der Waals surface area contributed by atoms with Gasteiger partial charge in [-0.2, -0.15) is 0 Å². The Bertz CT molecular complexity index is 1070. The highest BCUT2D eigenvalue weighted by Crippen LogP contribution is 2.32. The summed E-state index contributed by atoms with van der Waals surface area (Å²) >= 11 is 1.40. The summed E-state index contributed by atoms with van der Waals surface area (Å²) < 4.78 is 7.15. The van der Waals surface area contributed by atoms with Crippen molar-refractivity contribution in [3.63, 3.8) is 0 Å². The van der Waals surface area contributed by atoms with Gasteiger partial charge in [-0.3, -0.25) is 0 Å². The number of fused-ring (bicyclic) bond motifs is 1. The molecule has 0 atom stereocenters.